The van der Waals surface area contributed by atoms with Gasteiger partial charge >= 0.3 is 0 Å². The number of carbonyl (C=O) groups is 1. The average molecular weight is 297 g/mol. The Morgan fingerprint density at radius 2 is 1.71 bits per heavy atom. The predicted octanol–water partition coefficient (Wildman–Crippen LogP) is 4.63. The SMILES string of the molecule is C.CN(C)C(C)(C)C(=O)CC1C2CC3CC1CC(C)(C3)C2.[2HH]. The van der Waals surface area contributed by atoms with Gasteiger partial charge in [-0.25, -0.2) is 0 Å². The zero-order valence-electron chi connectivity index (χ0n) is 13.9. The number of hydrogen-bond donors (Lipinski definition) is 0. The number of Topliss-reactive ketones (excluding diaryl/α,β-unsaturated/α-hetero) is 1. The lowest BCUT2D eigenvalue weighted by Crippen LogP contribution is -2.52. The van der Waals surface area contributed by atoms with Gasteiger partial charge in [0.15, 0.2) is 5.78 Å². The summed E-state index contributed by atoms with van der Waals surface area (Å²) in [7, 11) is 4.05. The van der Waals surface area contributed by atoms with Crippen LogP contribution in [-0.2, 0) is 4.79 Å². The third kappa shape index (κ3) is 2.81. The molecule has 4 rings (SSSR count). The van der Waals surface area contributed by atoms with Crippen LogP contribution in [0.5, 0.6) is 0 Å². The first kappa shape index (κ1) is 17.0. The van der Waals surface area contributed by atoms with Crippen molar-refractivity contribution < 1.29 is 6.22 Å². The molecule has 4 aliphatic rings. The molecule has 124 valence electrons. The highest BCUT2D eigenvalue weighted by atomic mass is 16.1. The molecule has 4 aliphatic carbocycles. The minimum absolute atomic E-state index is 0. The molecule has 4 fully saturated rings. The molecule has 0 radical (unpaired) electrons. The van der Waals surface area contributed by atoms with Gasteiger partial charge in [-0.15, -0.1) is 0 Å². The highest BCUT2D eigenvalue weighted by Crippen LogP contribution is 2.62. The van der Waals surface area contributed by atoms with Crippen molar-refractivity contribution in [2.75, 3.05) is 14.1 Å². The molecular weight excluding hydrogens is 258 g/mol. The summed E-state index contributed by atoms with van der Waals surface area (Å²) in [6, 6.07) is 0. The van der Waals surface area contributed by atoms with Crippen LogP contribution in [0.15, 0.2) is 0 Å². The summed E-state index contributed by atoms with van der Waals surface area (Å²) >= 11 is 0. The van der Waals surface area contributed by atoms with Gasteiger partial charge in [-0.3, -0.25) is 9.69 Å². The van der Waals surface area contributed by atoms with Crippen LogP contribution in [0, 0.1) is 29.1 Å². The molecule has 2 nitrogen and oxygen atoms in total. The van der Waals surface area contributed by atoms with Crippen molar-refractivity contribution in [2.45, 2.75) is 72.3 Å². The molecule has 4 bridgehead atoms. The fourth-order valence-corrected chi connectivity index (χ4v) is 5.58. The Hall–Kier alpha value is -0.370. The highest BCUT2D eigenvalue weighted by Gasteiger charge is 2.53. The molecule has 0 aromatic carbocycles. The van der Waals surface area contributed by atoms with E-state index >= 15 is 0 Å². The number of carbonyl (C=O) groups excluding carboxylic acids is 1. The van der Waals surface area contributed by atoms with Crippen molar-refractivity contribution in [3.8, 4) is 0 Å². The van der Waals surface area contributed by atoms with Crippen LogP contribution in [-0.4, -0.2) is 30.3 Å². The second-order valence-corrected chi connectivity index (χ2v) is 9.03. The molecule has 0 saturated heterocycles. The first-order valence-corrected chi connectivity index (χ1v) is 8.42. The minimum atomic E-state index is -0.307. The molecule has 0 spiro atoms. The molecule has 2 heteroatoms. The molecule has 0 aliphatic heterocycles. The van der Waals surface area contributed by atoms with Crippen LogP contribution in [0.25, 0.3) is 0 Å². The van der Waals surface area contributed by atoms with Gasteiger partial charge in [0.2, 0.25) is 0 Å². The van der Waals surface area contributed by atoms with Gasteiger partial charge < -0.3 is 0 Å². The van der Waals surface area contributed by atoms with E-state index in [0.717, 1.165) is 24.2 Å². The quantitative estimate of drug-likeness (QED) is 0.754. The normalized spacial score (nSPS) is 41.2. The Kier molecular flexibility index (Phi) is 4.34. The average Bonchev–Trinajstić information content (AvgIpc) is 2.31. The number of hydrogen-bond acceptors (Lipinski definition) is 2. The fourth-order valence-electron chi connectivity index (χ4n) is 5.58. The van der Waals surface area contributed by atoms with Crippen molar-refractivity contribution in [2.24, 2.45) is 29.1 Å². The lowest BCUT2D eigenvalue weighted by Gasteiger charge is -2.59. The predicted molar refractivity (Wildman–Crippen MR) is 91.4 cm³/mol. The van der Waals surface area contributed by atoms with E-state index in [1.165, 1.54) is 32.1 Å². The Labute approximate surface area is 133 Å². The summed E-state index contributed by atoms with van der Waals surface area (Å²) in [5.74, 6) is 3.79. The van der Waals surface area contributed by atoms with Crippen LogP contribution in [0.3, 0.4) is 0 Å². The number of nitrogens with zero attached hydrogens (tertiary/aromatic N) is 1. The van der Waals surface area contributed by atoms with Crippen molar-refractivity contribution in [3.05, 3.63) is 0 Å². The van der Waals surface area contributed by atoms with Gasteiger partial charge in [0.1, 0.15) is 0 Å². The summed E-state index contributed by atoms with van der Waals surface area (Å²) in [5, 5.41) is 0. The maximum absolute atomic E-state index is 12.7. The van der Waals surface area contributed by atoms with Crippen molar-refractivity contribution in [1.29, 1.82) is 0 Å². The number of likely N-dealkylation sites (N-methyl/N-ethyl adjacent to an activating group) is 1. The summed E-state index contributed by atoms with van der Waals surface area (Å²) in [4.78, 5) is 14.8. The van der Waals surface area contributed by atoms with E-state index in [1.54, 1.807) is 0 Å². The number of rotatable bonds is 4. The summed E-state index contributed by atoms with van der Waals surface area (Å²) < 4.78 is 0. The Bertz CT molecular complexity index is 402. The fraction of sp³-hybridized carbons (Fsp3) is 0.947. The lowest BCUT2D eigenvalue weighted by atomic mass is 9.46. The number of ketones is 1. The van der Waals surface area contributed by atoms with Crippen molar-refractivity contribution >= 4 is 5.78 Å². The minimum Gasteiger partial charge on any atom is -0.298 e. The van der Waals surface area contributed by atoms with Gasteiger partial charge in [-0.2, -0.15) is 0 Å². The monoisotopic (exact) mass is 296 g/mol. The molecule has 0 amide bonds. The second kappa shape index (κ2) is 5.37. The molecule has 2 unspecified atom stereocenters. The standard InChI is InChI=1S/C18H31NO.CH4.H2/c1-17(2,19(4)5)16(20)8-15-13-6-12-7-14(15)11-18(3,9-12)10-13;;/h12-15H,6-11H2,1-5H3;1H4;1H/i;;1+1. The first-order valence-electron chi connectivity index (χ1n) is 8.42. The molecule has 2 atom stereocenters. The molecule has 0 heterocycles. The summed E-state index contributed by atoms with van der Waals surface area (Å²) in [5.41, 5.74) is 0.311. The van der Waals surface area contributed by atoms with Gasteiger partial charge in [0.25, 0.3) is 0 Å². The van der Waals surface area contributed by atoms with E-state index in [0.29, 0.717) is 17.1 Å². The smallest absolute Gasteiger partial charge is 0.152 e. The lowest BCUT2D eigenvalue weighted by molar-refractivity contribution is -0.136. The van der Waals surface area contributed by atoms with Crippen LogP contribution < -0.4 is 0 Å². The molecule has 21 heavy (non-hydrogen) atoms. The van der Waals surface area contributed by atoms with Crippen LogP contribution in [0.2, 0.25) is 0 Å². The van der Waals surface area contributed by atoms with E-state index in [2.05, 4.69) is 25.7 Å². The largest absolute Gasteiger partial charge is 0.298 e. The van der Waals surface area contributed by atoms with E-state index in [-0.39, 0.29) is 14.4 Å². The van der Waals surface area contributed by atoms with E-state index in [9.17, 15) is 4.79 Å². The van der Waals surface area contributed by atoms with Gasteiger partial charge in [-0.05, 0) is 89.1 Å². The third-order valence-electron chi connectivity index (χ3n) is 7.00. The van der Waals surface area contributed by atoms with Gasteiger partial charge in [0.05, 0.1) is 5.54 Å². The van der Waals surface area contributed by atoms with E-state index in [1.807, 2.05) is 14.1 Å². The molecule has 0 aromatic rings. The van der Waals surface area contributed by atoms with Crippen LogP contribution >= 0.6 is 0 Å². The van der Waals surface area contributed by atoms with Gasteiger partial charge in [-0.1, -0.05) is 14.4 Å². The van der Waals surface area contributed by atoms with Crippen LogP contribution in [0.4, 0.5) is 0 Å². The topological polar surface area (TPSA) is 20.3 Å². The Balaban J connectivity index is 0.00000121. The molecule has 4 saturated carbocycles. The zero-order chi connectivity index (χ0) is 14.7. The van der Waals surface area contributed by atoms with Crippen molar-refractivity contribution in [1.82, 2.24) is 4.90 Å². The third-order valence-corrected chi connectivity index (χ3v) is 7.00. The molecule has 0 N–H and O–H groups in total. The van der Waals surface area contributed by atoms with E-state index < -0.39 is 0 Å². The van der Waals surface area contributed by atoms with Crippen molar-refractivity contribution in [3.63, 3.8) is 0 Å². The zero-order valence-corrected chi connectivity index (χ0v) is 13.9. The van der Waals surface area contributed by atoms with Crippen LogP contribution in [0.1, 0.15) is 68.1 Å². The molecule has 0 aromatic heterocycles. The summed E-state index contributed by atoms with van der Waals surface area (Å²) in [6.07, 6.45) is 7.88. The van der Waals surface area contributed by atoms with Gasteiger partial charge in [0, 0.05) is 7.85 Å². The van der Waals surface area contributed by atoms with E-state index in [4.69, 9.17) is 0 Å². The Morgan fingerprint density at radius 1 is 1.19 bits per heavy atom. The first-order chi connectivity index (χ1) is 9.21. The maximum atomic E-state index is 12.7. The second-order valence-electron chi connectivity index (χ2n) is 9.03. The maximum Gasteiger partial charge on any atom is 0.152 e. The highest BCUT2D eigenvalue weighted by molar-refractivity contribution is 5.87. The summed E-state index contributed by atoms with van der Waals surface area (Å²) in [6.45, 7) is 6.65. The Morgan fingerprint density at radius 3 is 2.14 bits per heavy atom. The molecular formula is C19H37NO.